The van der Waals surface area contributed by atoms with Gasteiger partial charge in [-0.15, -0.1) is 0 Å². The lowest BCUT2D eigenvalue weighted by molar-refractivity contribution is -0.384. The maximum absolute atomic E-state index is 11.3. The van der Waals surface area contributed by atoms with E-state index in [9.17, 15) is 10.1 Å². The van der Waals surface area contributed by atoms with E-state index in [1.807, 2.05) is 24.0 Å². The standard InChI is InChI=1S/C17H18N4O2/c1-3-8-20(12-15-6-4-14(10-18)5-7-15)17-16(21(22)23)9-13(2)11-19-17/h4-7,9,11H,3,8,12H2,1-2H3. The van der Waals surface area contributed by atoms with Crippen molar-refractivity contribution in [2.45, 2.75) is 26.8 Å². The molecule has 0 aliphatic carbocycles. The number of pyridine rings is 1. The van der Waals surface area contributed by atoms with Gasteiger partial charge in [0.05, 0.1) is 16.6 Å². The quantitative estimate of drug-likeness (QED) is 0.601. The van der Waals surface area contributed by atoms with Crippen LogP contribution in [0, 0.1) is 28.4 Å². The number of rotatable bonds is 6. The Balaban J connectivity index is 2.34. The van der Waals surface area contributed by atoms with Crippen LogP contribution in [0.15, 0.2) is 36.5 Å². The van der Waals surface area contributed by atoms with E-state index in [1.54, 1.807) is 31.3 Å². The monoisotopic (exact) mass is 310 g/mol. The molecule has 0 atom stereocenters. The zero-order valence-electron chi connectivity index (χ0n) is 13.2. The molecule has 0 bridgehead atoms. The first-order valence-electron chi connectivity index (χ1n) is 7.40. The number of aryl methyl sites for hydroxylation is 1. The van der Waals surface area contributed by atoms with Gasteiger partial charge in [0, 0.05) is 25.4 Å². The molecule has 1 heterocycles. The minimum atomic E-state index is -0.392. The molecule has 0 aliphatic rings. The molecule has 6 nitrogen and oxygen atoms in total. The largest absolute Gasteiger partial charge is 0.347 e. The van der Waals surface area contributed by atoms with E-state index in [4.69, 9.17) is 5.26 Å². The highest BCUT2D eigenvalue weighted by molar-refractivity contribution is 5.58. The summed E-state index contributed by atoms with van der Waals surface area (Å²) in [6.45, 7) is 4.98. The summed E-state index contributed by atoms with van der Waals surface area (Å²) in [6, 6.07) is 10.8. The van der Waals surface area contributed by atoms with Crippen LogP contribution in [0.2, 0.25) is 0 Å². The van der Waals surface area contributed by atoms with E-state index in [0.29, 0.717) is 24.5 Å². The van der Waals surface area contributed by atoms with Crippen molar-refractivity contribution in [2.24, 2.45) is 0 Å². The third-order valence-electron chi connectivity index (χ3n) is 3.43. The Morgan fingerprint density at radius 1 is 1.35 bits per heavy atom. The van der Waals surface area contributed by atoms with Crippen molar-refractivity contribution in [1.82, 2.24) is 4.98 Å². The van der Waals surface area contributed by atoms with Gasteiger partial charge in [0.1, 0.15) is 0 Å². The third kappa shape index (κ3) is 4.04. The summed E-state index contributed by atoms with van der Waals surface area (Å²) in [4.78, 5) is 17.1. The van der Waals surface area contributed by atoms with E-state index in [1.165, 1.54) is 0 Å². The number of nitrogens with zero attached hydrogens (tertiary/aromatic N) is 4. The van der Waals surface area contributed by atoms with E-state index < -0.39 is 4.92 Å². The fourth-order valence-corrected chi connectivity index (χ4v) is 2.36. The first kappa shape index (κ1) is 16.4. The number of hydrogen-bond acceptors (Lipinski definition) is 5. The zero-order valence-corrected chi connectivity index (χ0v) is 13.2. The Bertz CT molecular complexity index is 735. The molecule has 0 saturated carbocycles. The Labute approximate surface area is 135 Å². The molecule has 6 heteroatoms. The topological polar surface area (TPSA) is 83.1 Å². The summed E-state index contributed by atoms with van der Waals surface area (Å²) in [5.41, 5.74) is 2.35. The first-order valence-corrected chi connectivity index (χ1v) is 7.40. The molecule has 0 N–H and O–H groups in total. The number of benzene rings is 1. The molecule has 1 aromatic carbocycles. The molecule has 0 spiro atoms. The average Bonchev–Trinajstić information content (AvgIpc) is 2.55. The normalized spacial score (nSPS) is 10.1. The van der Waals surface area contributed by atoms with E-state index in [2.05, 4.69) is 11.1 Å². The van der Waals surface area contributed by atoms with Crippen molar-refractivity contribution in [3.63, 3.8) is 0 Å². The summed E-state index contributed by atoms with van der Waals surface area (Å²) in [6.07, 6.45) is 2.49. The summed E-state index contributed by atoms with van der Waals surface area (Å²) in [5, 5.41) is 20.2. The number of nitro groups is 1. The maximum Gasteiger partial charge on any atom is 0.311 e. The van der Waals surface area contributed by atoms with Gasteiger partial charge in [-0.3, -0.25) is 10.1 Å². The van der Waals surface area contributed by atoms with Gasteiger partial charge in [-0.2, -0.15) is 5.26 Å². The van der Waals surface area contributed by atoms with Gasteiger partial charge in [0.25, 0.3) is 0 Å². The molecular formula is C17H18N4O2. The van der Waals surface area contributed by atoms with Gasteiger partial charge < -0.3 is 4.90 Å². The lowest BCUT2D eigenvalue weighted by atomic mass is 10.1. The molecule has 0 aliphatic heterocycles. The molecule has 0 fully saturated rings. The van der Waals surface area contributed by atoms with Gasteiger partial charge in [0.15, 0.2) is 0 Å². The van der Waals surface area contributed by atoms with Crippen LogP contribution in [-0.4, -0.2) is 16.5 Å². The Morgan fingerprint density at radius 2 is 2.04 bits per heavy atom. The molecule has 23 heavy (non-hydrogen) atoms. The predicted molar refractivity (Wildman–Crippen MR) is 88.1 cm³/mol. The summed E-state index contributed by atoms with van der Waals surface area (Å²) < 4.78 is 0. The van der Waals surface area contributed by atoms with Gasteiger partial charge in [-0.25, -0.2) is 4.98 Å². The second kappa shape index (κ2) is 7.36. The smallest absolute Gasteiger partial charge is 0.311 e. The summed E-state index contributed by atoms with van der Waals surface area (Å²) in [5.74, 6) is 0.381. The lowest BCUT2D eigenvalue weighted by Crippen LogP contribution is -2.25. The minimum Gasteiger partial charge on any atom is -0.347 e. The van der Waals surface area contributed by atoms with Crippen LogP contribution in [-0.2, 0) is 6.54 Å². The molecule has 2 aromatic rings. The van der Waals surface area contributed by atoms with Gasteiger partial charge in [0.2, 0.25) is 5.82 Å². The highest BCUT2D eigenvalue weighted by Crippen LogP contribution is 2.27. The van der Waals surface area contributed by atoms with Gasteiger partial charge in [-0.05, 0) is 36.6 Å². The average molecular weight is 310 g/mol. The summed E-state index contributed by atoms with van der Waals surface area (Å²) >= 11 is 0. The van der Waals surface area contributed by atoms with Crippen molar-refractivity contribution >= 4 is 11.5 Å². The zero-order chi connectivity index (χ0) is 16.8. The molecule has 0 radical (unpaired) electrons. The third-order valence-corrected chi connectivity index (χ3v) is 3.43. The van der Waals surface area contributed by atoms with Crippen molar-refractivity contribution in [3.8, 4) is 6.07 Å². The second-order valence-corrected chi connectivity index (χ2v) is 5.34. The van der Waals surface area contributed by atoms with Gasteiger partial charge >= 0.3 is 5.69 Å². The Morgan fingerprint density at radius 3 is 2.61 bits per heavy atom. The Hall–Kier alpha value is -2.94. The van der Waals surface area contributed by atoms with Crippen LogP contribution >= 0.6 is 0 Å². The fourth-order valence-electron chi connectivity index (χ4n) is 2.36. The SMILES string of the molecule is CCCN(Cc1ccc(C#N)cc1)c1ncc(C)cc1[N+](=O)[O-]. The molecule has 0 saturated heterocycles. The van der Waals surface area contributed by atoms with Crippen molar-refractivity contribution in [1.29, 1.82) is 5.26 Å². The van der Waals surface area contributed by atoms with Crippen LogP contribution in [0.1, 0.15) is 30.0 Å². The molecule has 1 aromatic heterocycles. The van der Waals surface area contributed by atoms with Gasteiger partial charge in [-0.1, -0.05) is 19.1 Å². The maximum atomic E-state index is 11.3. The predicted octanol–water partition coefficient (Wildman–Crippen LogP) is 3.59. The van der Waals surface area contributed by atoms with E-state index in [0.717, 1.165) is 17.5 Å². The van der Waals surface area contributed by atoms with Crippen LogP contribution < -0.4 is 4.90 Å². The fraction of sp³-hybridized carbons (Fsp3) is 0.294. The molecule has 0 amide bonds. The summed E-state index contributed by atoms with van der Waals surface area (Å²) in [7, 11) is 0. The number of aromatic nitrogens is 1. The first-order chi connectivity index (χ1) is 11.0. The minimum absolute atomic E-state index is 0.0205. The number of nitriles is 1. The van der Waals surface area contributed by atoms with E-state index in [-0.39, 0.29) is 5.69 Å². The molecule has 2 rings (SSSR count). The number of hydrogen-bond donors (Lipinski definition) is 0. The van der Waals surface area contributed by atoms with Crippen LogP contribution in [0.3, 0.4) is 0 Å². The molecule has 0 unspecified atom stereocenters. The second-order valence-electron chi connectivity index (χ2n) is 5.34. The van der Waals surface area contributed by atoms with Crippen LogP contribution in [0.25, 0.3) is 0 Å². The lowest BCUT2D eigenvalue weighted by Gasteiger charge is -2.23. The van der Waals surface area contributed by atoms with Crippen LogP contribution in [0.4, 0.5) is 11.5 Å². The number of anilines is 1. The van der Waals surface area contributed by atoms with Crippen molar-refractivity contribution < 1.29 is 4.92 Å². The van der Waals surface area contributed by atoms with Crippen molar-refractivity contribution in [3.05, 3.63) is 63.3 Å². The van der Waals surface area contributed by atoms with E-state index >= 15 is 0 Å². The highest BCUT2D eigenvalue weighted by atomic mass is 16.6. The highest BCUT2D eigenvalue weighted by Gasteiger charge is 2.21. The molecule has 118 valence electrons. The van der Waals surface area contributed by atoms with Crippen molar-refractivity contribution in [2.75, 3.05) is 11.4 Å². The molecular weight excluding hydrogens is 292 g/mol. The Kier molecular flexibility index (Phi) is 5.26. The van der Waals surface area contributed by atoms with Crippen LogP contribution in [0.5, 0.6) is 0 Å².